The highest BCUT2D eigenvalue weighted by atomic mass is 79.9. The van der Waals surface area contributed by atoms with Crippen LogP contribution in [0.25, 0.3) is 11.5 Å². The molecular weight excluding hydrogens is 430 g/mol. The average Bonchev–Trinajstić information content (AvgIpc) is 3.04. The van der Waals surface area contributed by atoms with Crippen LogP contribution in [-0.4, -0.2) is 24.1 Å². The lowest BCUT2D eigenvalue weighted by molar-refractivity contribution is 0.424. The summed E-state index contributed by atoms with van der Waals surface area (Å²) >= 11 is 3.40. The zero-order valence-electron chi connectivity index (χ0n) is 15.2. The molecule has 0 saturated carbocycles. The van der Waals surface area contributed by atoms with E-state index < -0.39 is 15.6 Å². The van der Waals surface area contributed by atoms with Gasteiger partial charge in [-0.05, 0) is 56.7 Å². The van der Waals surface area contributed by atoms with Gasteiger partial charge in [-0.25, -0.2) is 13.1 Å². The molecule has 1 N–H and O–H groups in total. The quantitative estimate of drug-likeness (QED) is 0.631. The van der Waals surface area contributed by atoms with E-state index in [-0.39, 0.29) is 10.8 Å². The lowest BCUT2D eigenvalue weighted by Gasteiger charge is -2.20. The van der Waals surface area contributed by atoms with Crippen molar-refractivity contribution in [3.05, 3.63) is 64.4 Å². The molecule has 0 spiro atoms. The molecular formula is C19H20BrN3O3S. The summed E-state index contributed by atoms with van der Waals surface area (Å²) in [6, 6.07) is 14.3. The highest BCUT2D eigenvalue weighted by Crippen LogP contribution is 2.22. The Morgan fingerprint density at radius 1 is 1.11 bits per heavy atom. The van der Waals surface area contributed by atoms with E-state index in [0.717, 1.165) is 10.0 Å². The second-order valence-electron chi connectivity index (χ2n) is 7.20. The van der Waals surface area contributed by atoms with Gasteiger partial charge >= 0.3 is 0 Å². The zero-order valence-corrected chi connectivity index (χ0v) is 17.6. The molecule has 27 heavy (non-hydrogen) atoms. The van der Waals surface area contributed by atoms with E-state index in [2.05, 4.69) is 30.8 Å². The first kappa shape index (κ1) is 19.7. The van der Waals surface area contributed by atoms with Crippen LogP contribution >= 0.6 is 15.9 Å². The maximum Gasteiger partial charge on any atom is 0.257 e. The highest BCUT2D eigenvalue weighted by Gasteiger charge is 2.22. The summed E-state index contributed by atoms with van der Waals surface area (Å²) in [6.07, 6.45) is 0.528. The van der Waals surface area contributed by atoms with Crippen molar-refractivity contribution in [2.75, 3.05) is 0 Å². The summed E-state index contributed by atoms with van der Waals surface area (Å²) in [6.45, 7) is 5.38. The Morgan fingerprint density at radius 2 is 1.81 bits per heavy atom. The van der Waals surface area contributed by atoms with Crippen LogP contribution in [0.15, 0.2) is 62.4 Å². The number of nitrogens with zero attached hydrogens (tertiary/aromatic N) is 2. The largest absolute Gasteiger partial charge is 0.334 e. The lowest BCUT2D eigenvalue weighted by Crippen LogP contribution is -2.40. The van der Waals surface area contributed by atoms with Crippen molar-refractivity contribution in [1.29, 1.82) is 0 Å². The molecule has 1 aromatic heterocycles. The average molecular weight is 450 g/mol. The standard InChI is InChI=1S/C19H20BrN3O3S/c1-19(2,3)23-27(24,25)16-6-4-5-14(12-16)18-21-17(22-26-18)11-13-7-9-15(20)10-8-13/h4-10,12,23H,11H2,1-3H3. The molecule has 0 saturated heterocycles. The van der Waals surface area contributed by atoms with Gasteiger partial charge in [0.05, 0.1) is 4.90 Å². The molecule has 0 fully saturated rings. The summed E-state index contributed by atoms with van der Waals surface area (Å²) < 4.78 is 34.0. The van der Waals surface area contributed by atoms with E-state index >= 15 is 0 Å². The topological polar surface area (TPSA) is 85.1 Å². The fourth-order valence-electron chi connectivity index (χ4n) is 2.49. The Balaban J connectivity index is 1.83. The monoisotopic (exact) mass is 449 g/mol. The van der Waals surface area contributed by atoms with Gasteiger partial charge < -0.3 is 4.52 Å². The zero-order chi connectivity index (χ0) is 19.7. The van der Waals surface area contributed by atoms with Gasteiger partial charge in [-0.15, -0.1) is 0 Å². The summed E-state index contributed by atoms with van der Waals surface area (Å²) in [5, 5.41) is 4.00. The molecule has 3 rings (SSSR count). The van der Waals surface area contributed by atoms with Crippen LogP contribution in [0.2, 0.25) is 0 Å². The molecule has 0 atom stereocenters. The molecule has 2 aromatic carbocycles. The number of hydrogen-bond acceptors (Lipinski definition) is 5. The van der Waals surface area contributed by atoms with Crippen LogP contribution in [0.4, 0.5) is 0 Å². The van der Waals surface area contributed by atoms with Crippen molar-refractivity contribution in [2.45, 2.75) is 37.6 Å². The SMILES string of the molecule is CC(C)(C)NS(=O)(=O)c1cccc(-c2nc(Cc3ccc(Br)cc3)no2)c1. The molecule has 1 heterocycles. The maximum absolute atomic E-state index is 12.5. The molecule has 0 radical (unpaired) electrons. The Bertz CT molecular complexity index is 1040. The summed E-state index contributed by atoms with van der Waals surface area (Å²) in [7, 11) is -3.64. The van der Waals surface area contributed by atoms with E-state index in [1.54, 1.807) is 32.9 Å². The van der Waals surface area contributed by atoms with E-state index in [4.69, 9.17) is 4.52 Å². The smallest absolute Gasteiger partial charge is 0.257 e. The molecule has 0 aliphatic carbocycles. The molecule has 3 aromatic rings. The molecule has 6 nitrogen and oxygen atoms in total. The maximum atomic E-state index is 12.5. The predicted molar refractivity (Wildman–Crippen MR) is 107 cm³/mol. The van der Waals surface area contributed by atoms with Crippen LogP contribution < -0.4 is 4.72 Å². The van der Waals surface area contributed by atoms with Crippen molar-refractivity contribution >= 4 is 26.0 Å². The van der Waals surface area contributed by atoms with Gasteiger partial charge in [0, 0.05) is 22.0 Å². The molecule has 0 aliphatic heterocycles. The van der Waals surface area contributed by atoms with Gasteiger partial charge in [0.15, 0.2) is 5.82 Å². The number of rotatable bonds is 5. The highest BCUT2D eigenvalue weighted by molar-refractivity contribution is 9.10. The minimum atomic E-state index is -3.64. The van der Waals surface area contributed by atoms with Crippen LogP contribution in [0, 0.1) is 0 Å². The third kappa shape index (κ3) is 5.24. The lowest BCUT2D eigenvalue weighted by atomic mass is 10.1. The third-order valence-electron chi connectivity index (χ3n) is 3.58. The number of nitrogens with one attached hydrogen (secondary N) is 1. The first-order valence-corrected chi connectivity index (χ1v) is 10.6. The summed E-state index contributed by atoms with van der Waals surface area (Å²) in [5.74, 6) is 0.823. The Kier molecular flexibility index (Phi) is 5.50. The van der Waals surface area contributed by atoms with Crippen LogP contribution in [-0.2, 0) is 16.4 Å². The molecule has 0 amide bonds. The van der Waals surface area contributed by atoms with E-state index in [1.807, 2.05) is 24.3 Å². The second-order valence-corrected chi connectivity index (χ2v) is 9.80. The molecule has 0 bridgehead atoms. The molecule has 0 aliphatic rings. The van der Waals surface area contributed by atoms with Gasteiger partial charge in [-0.3, -0.25) is 0 Å². The first-order chi connectivity index (χ1) is 12.6. The van der Waals surface area contributed by atoms with Crippen molar-refractivity contribution in [1.82, 2.24) is 14.9 Å². The Morgan fingerprint density at radius 3 is 2.48 bits per heavy atom. The first-order valence-electron chi connectivity index (χ1n) is 8.34. The van der Waals surface area contributed by atoms with Crippen molar-refractivity contribution in [3.63, 3.8) is 0 Å². The molecule has 8 heteroatoms. The normalized spacial score (nSPS) is 12.3. The number of sulfonamides is 1. The predicted octanol–water partition coefficient (Wildman–Crippen LogP) is 4.17. The van der Waals surface area contributed by atoms with Gasteiger partial charge in [-0.2, -0.15) is 4.98 Å². The van der Waals surface area contributed by atoms with Crippen LogP contribution in [0.1, 0.15) is 32.2 Å². The van der Waals surface area contributed by atoms with Crippen molar-refractivity contribution in [2.24, 2.45) is 0 Å². The van der Waals surface area contributed by atoms with Gasteiger partial charge in [0.1, 0.15) is 0 Å². The van der Waals surface area contributed by atoms with Gasteiger partial charge in [-0.1, -0.05) is 39.3 Å². The van der Waals surface area contributed by atoms with E-state index in [1.165, 1.54) is 12.1 Å². The van der Waals surface area contributed by atoms with E-state index in [0.29, 0.717) is 17.8 Å². The molecule has 142 valence electrons. The minimum absolute atomic E-state index is 0.155. The van der Waals surface area contributed by atoms with Gasteiger partial charge in [0.2, 0.25) is 10.0 Å². The Hall–Kier alpha value is -2.03. The van der Waals surface area contributed by atoms with Crippen LogP contribution in [0.3, 0.4) is 0 Å². The minimum Gasteiger partial charge on any atom is -0.334 e. The third-order valence-corrected chi connectivity index (χ3v) is 5.86. The number of aromatic nitrogens is 2. The fourth-order valence-corrected chi connectivity index (χ4v) is 4.21. The van der Waals surface area contributed by atoms with Crippen molar-refractivity contribution < 1.29 is 12.9 Å². The number of halogens is 1. The summed E-state index contributed by atoms with van der Waals surface area (Å²) in [5.41, 5.74) is 1.04. The van der Waals surface area contributed by atoms with Crippen LogP contribution in [0.5, 0.6) is 0 Å². The molecule has 0 unspecified atom stereocenters. The Labute approximate surface area is 167 Å². The van der Waals surface area contributed by atoms with E-state index in [9.17, 15) is 8.42 Å². The second kappa shape index (κ2) is 7.53. The van der Waals surface area contributed by atoms with Gasteiger partial charge in [0.25, 0.3) is 5.89 Å². The summed E-state index contributed by atoms with van der Waals surface area (Å²) in [4.78, 5) is 4.55. The van der Waals surface area contributed by atoms with Crippen molar-refractivity contribution in [3.8, 4) is 11.5 Å². The number of hydrogen-bond donors (Lipinski definition) is 1. The number of benzene rings is 2. The fraction of sp³-hybridized carbons (Fsp3) is 0.263.